The van der Waals surface area contributed by atoms with Crippen LogP contribution in [0.1, 0.15) is 43.1 Å². The van der Waals surface area contributed by atoms with Gasteiger partial charge in [0.15, 0.2) is 11.6 Å². The Morgan fingerprint density at radius 3 is 2.21 bits per heavy atom. The highest BCUT2D eigenvalue weighted by molar-refractivity contribution is 5.96. The second-order valence-electron chi connectivity index (χ2n) is 8.92. The number of Topliss-reactive ketones (excluding diaryl/α,β-unsaturated/α-hetero) is 2. The molecule has 38 heavy (non-hydrogen) atoms. The molecule has 0 aromatic heterocycles. The van der Waals surface area contributed by atoms with Crippen molar-refractivity contribution in [2.75, 3.05) is 13.7 Å². The van der Waals surface area contributed by atoms with Crippen molar-refractivity contribution in [2.45, 2.75) is 45.7 Å². The van der Waals surface area contributed by atoms with Crippen LogP contribution in [-0.4, -0.2) is 60.3 Å². The summed E-state index contributed by atoms with van der Waals surface area (Å²) in [5.74, 6) is -3.85. The minimum Gasteiger partial charge on any atom is -0.496 e. The Hall–Kier alpha value is -4.28. The molecule has 2 aromatic carbocycles. The smallest absolute Gasteiger partial charge is 0.305 e. The van der Waals surface area contributed by atoms with E-state index >= 15 is 0 Å². The Bertz CT molecular complexity index is 1180. The van der Waals surface area contributed by atoms with Gasteiger partial charge >= 0.3 is 5.97 Å². The van der Waals surface area contributed by atoms with Gasteiger partial charge in [-0.3, -0.25) is 24.0 Å². The number of carbonyl (C=O) groups excluding carboxylic acids is 4. The Morgan fingerprint density at radius 1 is 1.00 bits per heavy atom. The van der Waals surface area contributed by atoms with Crippen molar-refractivity contribution in [3.63, 3.8) is 0 Å². The van der Waals surface area contributed by atoms with Crippen molar-refractivity contribution < 1.29 is 42.9 Å². The van der Waals surface area contributed by atoms with Gasteiger partial charge in [-0.25, -0.2) is 4.39 Å². The van der Waals surface area contributed by atoms with Crippen LogP contribution >= 0.6 is 0 Å². The number of ketones is 2. The number of hydrogen-bond donors (Lipinski definition) is 3. The van der Waals surface area contributed by atoms with Crippen molar-refractivity contribution in [2.24, 2.45) is 5.92 Å². The van der Waals surface area contributed by atoms with E-state index in [1.54, 1.807) is 26.0 Å². The van der Waals surface area contributed by atoms with Gasteiger partial charge in [-0.15, -0.1) is 0 Å². The van der Waals surface area contributed by atoms with E-state index in [-0.39, 0.29) is 18.0 Å². The minimum atomic E-state index is -1.43. The van der Waals surface area contributed by atoms with Gasteiger partial charge in [0.2, 0.25) is 11.8 Å². The lowest BCUT2D eigenvalue weighted by Gasteiger charge is -2.25. The number of nitrogens with one attached hydrogen (secondary N) is 2. The molecule has 0 saturated heterocycles. The number of rotatable bonds is 14. The summed E-state index contributed by atoms with van der Waals surface area (Å²) >= 11 is 0. The van der Waals surface area contributed by atoms with Crippen LogP contribution in [0.25, 0.3) is 0 Å². The third-order valence-corrected chi connectivity index (χ3v) is 5.58. The number of carbonyl (C=O) groups is 5. The monoisotopic (exact) mass is 530 g/mol. The lowest BCUT2D eigenvalue weighted by Crippen LogP contribution is -2.54. The van der Waals surface area contributed by atoms with Crippen molar-refractivity contribution >= 4 is 29.4 Å². The molecule has 1 unspecified atom stereocenters. The molecule has 0 aliphatic rings. The SMILES string of the molecule is COc1ccc(C(C)=O)cc1CC(=O)N[C@H](C(=O)NC(CC(=O)O)C(=O)COc1ccc(F)cc1)C(C)C. The quantitative estimate of drug-likeness (QED) is 0.315. The summed E-state index contributed by atoms with van der Waals surface area (Å²) in [7, 11) is 1.42. The molecule has 204 valence electrons. The third-order valence-electron chi connectivity index (χ3n) is 5.58. The zero-order valence-electron chi connectivity index (χ0n) is 21.6. The first-order valence-corrected chi connectivity index (χ1v) is 11.8. The topological polar surface area (TPSA) is 148 Å². The maximum atomic E-state index is 13.1. The van der Waals surface area contributed by atoms with Crippen LogP contribution in [0, 0.1) is 11.7 Å². The molecular weight excluding hydrogens is 499 g/mol. The summed E-state index contributed by atoms with van der Waals surface area (Å²) in [6, 6.07) is 7.05. The van der Waals surface area contributed by atoms with Crippen LogP contribution < -0.4 is 20.1 Å². The number of aliphatic carboxylic acids is 1. The fourth-order valence-electron chi connectivity index (χ4n) is 3.54. The summed E-state index contributed by atoms with van der Waals surface area (Å²) in [6.07, 6.45) is -0.894. The second-order valence-corrected chi connectivity index (χ2v) is 8.92. The molecule has 10 nitrogen and oxygen atoms in total. The fourth-order valence-corrected chi connectivity index (χ4v) is 3.54. The van der Waals surface area contributed by atoms with Gasteiger partial charge in [0.25, 0.3) is 0 Å². The number of hydrogen-bond acceptors (Lipinski definition) is 7. The predicted molar refractivity (Wildman–Crippen MR) is 135 cm³/mol. The summed E-state index contributed by atoms with van der Waals surface area (Å²) in [4.78, 5) is 61.6. The fraction of sp³-hybridized carbons (Fsp3) is 0.370. The summed E-state index contributed by atoms with van der Waals surface area (Å²) in [5.41, 5.74) is 0.835. The molecule has 0 heterocycles. The molecule has 2 rings (SSSR count). The van der Waals surface area contributed by atoms with Gasteiger partial charge < -0.3 is 25.2 Å². The van der Waals surface area contributed by atoms with Crippen LogP contribution in [0.15, 0.2) is 42.5 Å². The third kappa shape index (κ3) is 8.99. The number of carboxylic acids is 1. The molecule has 0 spiro atoms. The lowest BCUT2D eigenvalue weighted by atomic mass is 10.0. The molecule has 3 N–H and O–H groups in total. The average molecular weight is 531 g/mol. The number of halogens is 1. The van der Waals surface area contributed by atoms with Crippen LogP contribution in [0.2, 0.25) is 0 Å². The maximum absolute atomic E-state index is 13.1. The highest BCUT2D eigenvalue weighted by Gasteiger charge is 2.30. The van der Waals surface area contributed by atoms with E-state index in [2.05, 4.69) is 10.6 Å². The molecule has 0 aliphatic carbocycles. The Kier molecular flexibility index (Phi) is 10.9. The Morgan fingerprint density at radius 2 is 1.66 bits per heavy atom. The van der Waals surface area contributed by atoms with Gasteiger partial charge in [0.05, 0.1) is 20.0 Å². The lowest BCUT2D eigenvalue weighted by molar-refractivity contribution is -0.141. The second kappa shape index (κ2) is 13.9. The van der Waals surface area contributed by atoms with Gasteiger partial charge in [-0.05, 0) is 55.3 Å². The van der Waals surface area contributed by atoms with Crippen molar-refractivity contribution in [3.8, 4) is 11.5 Å². The summed E-state index contributed by atoms with van der Waals surface area (Å²) in [6.45, 7) is 4.18. The van der Waals surface area contributed by atoms with Gasteiger partial charge in [0.1, 0.15) is 36.0 Å². The van der Waals surface area contributed by atoms with Crippen molar-refractivity contribution in [1.82, 2.24) is 10.6 Å². The minimum absolute atomic E-state index is 0.189. The molecule has 0 saturated carbocycles. The molecule has 0 bridgehead atoms. The molecular formula is C27H31FN2O8. The zero-order chi connectivity index (χ0) is 28.4. The Labute approximate surface area is 219 Å². The van der Waals surface area contributed by atoms with E-state index < -0.39 is 60.4 Å². The number of amides is 2. The van der Waals surface area contributed by atoms with Crippen molar-refractivity contribution in [1.29, 1.82) is 0 Å². The first-order valence-electron chi connectivity index (χ1n) is 11.8. The van der Waals surface area contributed by atoms with E-state index in [1.807, 2.05) is 0 Å². The highest BCUT2D eigenvalue weighted by Crippen LogP contribution is 2.21. The van der Waals surface area contributed by atoms with Crippen LogP contribution in [0.4, 0.5) is 4.39 Å². The van der Waals surface area contributed by atoms with Crippen molar-refractivity contribution in [3.05, 3.63) is 59.4 Å². The van der Waals surface area contributed by atoms with Crippen LogP contribution in [0.3, 0.4) is 0 Å². The number of ether oxygens (including phenoxy) is 2. The standard InChI is InChI=1S/C27H31FN2O8/c1-15(2)26(30-24(33)12-18-11-17(16(3)31)5-10-23(18)37-4)27(36)29-21(13-25(34)35)22(32)14-38-20-8-6-19(28)7-9-20/h5-11,15,21,26H,12-14H2,1-4H3,(H,29,36)(H,30,33)(H,34,35)/t21?,26-/m0/s1. The van der Waals surface area contributed by atoms with E-state index in [4.69, 9.17) is 9.47 Å². The van der Waals surface area contributed by atoms with E-state index in [0.29, 0.717) is 16.9 Å². The zero-order valence-corrected chi connectivity index (χ0v) is 21.6. The number of methoxy groups -OCH3 is 1. The number of benzene rings is 2. The molecule has 2 amide bonds. The maximum Gasteiger partial charge on any atom is 0.305 e. The normalized spacial score (nSPS) is 12.3. The molecule has 0 fully saturated rings. The van der Waals surface area contributed by atoms with E-state index in [9.17, 15) is 33.5 Å². The Balaban J connectivity index is 2.11. The van der Waals surface area contributed by atoms with E-state index in [1.165, 1.54) is 32.2 Å². The molecule has 0 aliphatic heterocycles. The first kappa shape index (κ1) is 29.9. The highest BCUT2D eigenvalue weighted by atomic mass is 19.1. The summed E-state index contributed by atoms with van der Waals surface area (Å²) < 4.78 is 23.6. The van der Waals surface area contributed by atoms with E-state index in [0.717, 1.165) is 12.1 Å². The molecule has 2 aromatic rings. The van der Waals surface area contributed by atoms with Crippen LogP contribution in [-0.2, 0) is 25.6 Å². The van der Waals surface area contributed by atoms with Gasteiger partial charge in [-0.1, -0.05) is 13.8 Å². The molecule has 2 atom stereocenters. The average Bonchev–Trinajstić information content (AvgIpc) is 2.85. The van der Waals surface area contributed by atoms with Gasteiger partial charge in [0, 0.05) is 11.1 Å². The summed E-state index contributed by atoms with van der Waals surface area (Å²) in [5, 5.41) is 14.2. The number of carboxylic acid groups (broad SMARTS) is 1. The molecule has 11 heteroatoms. The molecule has 0 radical (unpaired) electrons. The predicted octanol–water partition coefficient (Wildman–Crippen LogP) is 2.33. The first-order chi connectivity index (χ1) is 17.9. The van der Waals surface area contributed by atoms with Gasteiger partial charge in [-0.2, -0.15) is 0 Å². The van der Waals surface area contributed by atoms with Crippen LogP contribution in [0.5, 0.6) is 11.5 Å². The largest absolute Gasteiger partial charge is 0.496 e.